The van der Waals surface area contributed by atoms with E-state index in [2.05, 4.69) is 11.9 Å². The van der Waals surface area contributed by atoms with Gasteiger partial charge in [-0.25, -0.2) is 4.98 Å². The summed E-state index contributed by atoms with van der Waals surface area (Å²) in [7, 11) is 0. The maximum Gasteiger partial charge on any atom is 0.417 e. The fraction of sp³-hybridized carbons (Fsp3) is 0.583. The van der Waals surface area contributed by atoms with Gasteiger partial charge in [0.1, 0.15) is 0 Å². The molecule has 0 amide bonds. The average molecular weight is 276 g/mol. The largest absolute Gasteiger partial charge is 0.417 e. The Kier molecular flexibility index (Phi) is 3.87. The first-order valence-corrected chi connectivity index (χ1v) is 6.71. The first kappa shape index (κ1) is 13.7. The number of hydrogen-bond donors (Lipinski definition) is 1. The van der Waals surface area contributed by atoms with Gasteiger partial charge in [-0.1, -0.05) is 6.92 Å². The highest BCUT2D eigenvalue weighted by atomic mass is 32.2. The first-order chi connectivity index (χ1) is 8.38. The molecule has 0 radical (unpaired) electrons. The van der Waals surface area contributed by atoms with Crippen LogP contribution in [0.3, 0.4) is 0 Å². The Hall–Kier alpha value is -0.750. The Bertz CT molecular complexity index is 405. The Balaban J connectivity index is 2.03. The van der Waals surface area contributed by atoms with Crippen molar-refractivity contribution in [1.29, 1.82) is 0 Å². The molecule has 0 aliphatic heterocycles. The number of aromatic nitrogens is 1. The van der Waals surface area contributed by atoms with Crippen LogP contribution in [0.2, 0.25) is 0 Å². The first-order valence-electron chi connectivity index (χ1n) is 5.83. The summed E-state index contributed by atoms with van der Waals surface area (Å²) in [5.74, 6) is 0.374. The molecule has 0 spiro atoms. The van der Waals surface area contributed by atoms with Gasteiger partial charge in [-0.05, 0) is 30.9 Å². The number of alkyl halides is 3. The molecule has 1 aliphatic rings. The minimum atomic E-state index is -4.32. The second kappa shape index (κ2) is 5.09. The molecule has 2 rings (SSSR count). The molecule has 1 aromatic heterocycles. The zero-order valence-electron chi connectivity index (χ0n) is 9.95. The van der Waals surface area contributed by atoms with Crippen molar-refractivity contribution in [2.45, 2.75) is 42.3 Å². The van der Waals surface area contributed by atoms with Gasteiger partial charge >= 0.3 is 6.18 Å². The normalized spacial score (nSPS) is 28.6. The van der Waals surface area contributed by atoms with Crippen LogP contribution in [0.4, 0.5) is 13.2 Å². The van der Waals surface area contributed by atoms with Gasteiger partial charge in [0, 0.05) is 17.5 Å². The molecular formula is C12H15F3N2S. The summed E-state index contributed by atoms with van der Waals surface area (Å²) < 4.78 is 37.1. The Morgan fingerprint density at radius 3 is 2.50 bits per heavy atom. The minimum Gasteiger partial charge on any atom is -0.327 e. The summed E-state index contributed by atoms with van der Waals surface area (Å²) in [5, 5.41) is 0.984. The summed E-state index contributed by atoms with van der Waals surface area (Å²) >= 11 is 1.52. The van der Waals surface area contributed by atoms with Gasteiger partial charge in [-0.15, -0.1) is 11.8 Å². The van der Waals surface area contributed by atoms with E-state index in [0.717, 1.165) is 25.1 Å². The molecule has 2 nitrogen and oxygen atoms in total. The second-order valence-electron chi connectivity index (χ2n) is 4.64. The summed E-state index contributed by atoms with van der Waals surface area (Å²) in [6.07, 6.45) is -1.46. The van der Waals surface area contributed by atoms with Gasteiger partial charge in [-0.3, -0.25) is 0 Å². The smallest absolute Gasteiger partial charge is 0.327 e. The molecule has 6 heteroatoms. The van der Waals surface area contributed by atoms with Crippen molar-refractivity contribution >= 4 is 11.8 Å². The number of rotatable bonds is 2. The Morgan fingerprint density at radius 1 is 1.33 bits per heavy atom. The van der Waals surface area contributed by atoms with Crippen LogP contribution in [0, 0.1) is 5.92 Å². The zero-order valence-corrected chi connectivity index (χ0v) is 10.8. The number of halogens is 3. The lowest BCUT2D eigenvalue weighted by atomic mass is 10.1. The van der Waals surface area contributed by atoms with Crippen LogP contribution >= 0.6 is 11.8 Å². The molecule has 1 aliphatic carbocycles. The molecule has 0 bridgehead atoms. The molecule has 2 N–H and O–H groups in total. The monoisotopic (exact) mass is 276 g/mol. The molecule has 100 valence electrons. The number of thioether (sulfide) groups is 1. The van der Waals surface area contributed by atoms with Gasteiger partial charge in [-0.2, -0.15) is 13.2 Å². The number of pyridine rings is 1. The molecule has 3 atom stereocenters. The second-order valence-corrected chi connectivity index (χ2v) is 5.90. The van der Waals surface area contributed by atoms with E-state index >= 15 is 0 Å². The zero-order chi connectivity index (χ0) is 13.3. The van der Waals surface area contributed by atoms with Crippen molar-refractivity contribution in [3.63, 3.8) is 0 Å². The summed E-state index contributed by atoms with van der Waals surface area (Å²) in [6, 6.07) is 2.70. The minimum absolute atomic E-state index is 0.192. The van der Waals surface area contributed by atoms with Crippen LogP contribution in [0.25, 0.3) is 0 Å². The number of hydrogen-bond acceptors (Lipinski definition) is 3. The quantitative estimate of drug-likeness (QED) is 0.900. The fourth-order valence-electron chi connectivity index (χ4n) is 2.10. The van der Waals surface area contributed by atoms with Crippen molar-refractivity contribution in [3.05, 3.63) is 23.9 Å². The predicted molar refractivity (Wildman–Crippen MR) is 65.3 cm³/mol. The van der Waals surface area contributed by atoms with Crippen LogP contribution in [0.1, 0.15) is 25.3 Å². The maximum atomic E-state index is 12.4. The SMILES string of the molecule is CC1C(N)CCC1Sc1ccc(C(F)(F)F)cn1. The highest BCUT2D eigenvalue weighted by molar-refractivity contribution is 7.99. The predicted octanol–water partition coefficient (Wildman–Crippen LogP) is 3.32. The van der Waals surface area contributed by atoms with Gasteiger partial charge in [0.2, 0.25) is 0 Å². The van der Waals surface area contributed by atoms with E-state index in [-0.39, 0.29) is 6.04 Å². The van der Waals surface area contributed by atoms with Crippen molar-refractivity contribution in [2.75, 3.05) is 0 Å². The van der Waals surface area contributed by atoms with E-state index in [9.17, 15) is 13.2 Å². The molecule has 1 saturated carbocycles. The molecule has 3 unspecified atom stereocenters. The van der Waals surface area contributed by atoms with Crippen LogP contribution in [-0.2, 0) is 6.18 Å². The highest BCUT2D eigenvalue weighted by Gasteiger charge is 2.32. The van der Waals surface area contributed by atoms with E-state index in [1.807, 2.05) is 0 Å². The molecular weight excluding hydrogens is 261 g/mol. The van der Waals surface area contributed by atoms with Crippen molar-refractivity contribution in [1.82, 2.24) is 4.98 Å². The van der Waals surface area contributed by atoms with Crippen LogP contribution in [-0.4, -0.2) is 16.3 Å². The van der Waals surface area contributed by atoms with E-state index in [1.165, 1.54) is 17.8 Å². The Labute approximate surface area is 108 Å². The maximum absolute atomic E-state index is 12.4. The van der Waals surface area contributed by atoms with Crippen LogP contribution in [0.15, 0.2) is 23.4 Å². The van der Waals surface area contributed by atoms with Gasteiger partial charge in [0.25, 0.3) is 0 Å². The van der Waals surface area contributed by atoms with E-state index in [0.29, 0.717) is 16.2 Å². The lowest BCUT2D eigenvalue weighted by Crippen LogP contribution is -2.26. The van der Waals surface area contributed by atoms with Gasteiger partial charge in [0.15, 0.2) is 0 Å². The summed E-state index contributed by atoms with van der Waals surface area (Å²) in [6.45, 7) is 2.08. The Morgan fingerprint density at radius 2 is 2.06 bits per heavy atom. The third-order valence-electron chi connectivity index (χ3n) is 3.38. The molecule has 0 saturated heterocycles. The topological polar surface area (TPSA) is 38.9 Å². The molecule has 18 heavy (non-hydrogen) atoms. The standard InChI is InChI=1S/C12H15F3N2S/c1-7-9(16)3-4-10(7)18-11-5-2-8(6-17-11)12(13,14)15/h2,5-7,9-10H,3-4,16H2,1H3. The lowest BCUT2D eigenvalue weighted by molar-refractivity contribution is -0.137. The molecule has 1 heterocycles. The summed E-state index contributed by atoms with van der Waals surface area (Å²) in [4.78, 5) is 3.87. The van der Waals surface area contributed by atoms with Crippen LogP contribution in [0.5, 0.6) is 0 Å². The summed E-state index contributed by atoms with van der Waals surface area (Å²) in [5.41, 5.74) is 5.22. The van der Waals surface area contributed by atoms with Crippen molar-refractivity contribution in [2.24, 2.45) is 11.7 Å². The van der Waals surface area contributed by atoms with E-state index < -0.39 is 11.7 Å². The highest BCUT2D eigenvalue weighted by Crippen LogP contribution is 2.38. The van der Waals surface area contributed by atoms with Gasteiger partial charge in [0.05, 0.1) is 10.6 Å². The van der Waals surface area contributed by atoms with E-state index in [1.54, 1.807) is 0 Å². The molecule has 0 aromatic carbocycles. The number of nitrogens with zero attached hydrogens (tertiary/aromatic N) is 1. The van der Waals surface area contributed by atoms with Crippen molar-refractivity contribution < 1.29 is 13.2 Å². The average Bonchev–Trinajstić information content (AvgIpc) is 2.61. The van der Waals surface area contributed by atoms with Crippen molar-refractivity contribution in [3.8, 4) is 0 Å². The molecule has 1 aromatic rings. The lowest BCUT2D eigenvalue weighted by Gasteiger charge is -2.17. The van der Waals surface area contributed by atoms with Gasteiger partial charge < -0.3 is 5.73 Å². The number of nitrogens with two attached hydrogens (primary N) is 1. The third-order valence-corrected chi connectivity index (χ3v) is 4.83. The van der Waals surface area contributed by atoms with E-state index in [4.69, 9.17) is 5.73 Å². The fourth-order valence-corrected chi connectivity index (χ4v) is 3.34. The molecule has 1 fully saturated rings. The van der Waals surface area contributed by atoms with Crippen LogP contribution < -0.4 is 5.73 Å². The third kappa shape index (κ3) is 2.98.